The van der Waals surface area contributed by atoms with Crippen molar-refractivity contribution in [2.24, 2.45) is 0 Å². The maximum atomic E-state index is 12.0. The summed E-state index contributed by atoms with van der Waals surface area (Å²) in [7, 11) is 1.55. The summed E-state index contributed by atoms with van der Waals surface area (Å²) in [6.45, 7) is 0. The van der Waals surface area contributed by atoms with Crippen molar-refractivity contribution in [3.63, 3.8) is 0 Å². The van der Waals surface area contributed by atoms with Gasteiger partial charge in [-0.3, -0.25) is 19.5 Å². The first-order chi connectivity index (χ1) is 8.63. The van der Waals surface area contributed by atoms with Crippen molar-refractivity contribution in [1.82, 2.24) is 15.5 Å². The van der Waals surface area contributed by atoms with Crippen molar-refractivity contribution in [3.05, 3.63) is 28.4 Å². The van der Waals surface area contributed by atoms with Crippen LogP contribution in [0.25, 0.3) is 0 Å². The third-order valence-electron chi connectivity index (χ3n) is 2.48. The van der Waals surface area contributed by atoms with Crippen molar-refractivity contribution in [1.29, 1.82) is 0 Å². The van der Waals surface area contributed by atoms with Gasteiger partial charge in [-0.25, -0.2) is 0 Å². The molecule has 0 bridgehead atoms. The van der Waals surface area contributed by atoms with Crippen molar-refractivity contribution < 1.29 is 14.4 Å². The number of H-pyrrole nitrogens is 1. The minimum absolute atomic E-state index is 0.0957. The van der Waals surface area contributed by atoms with Crippen LogP contribution >= 0.6 is 11.8 Å². The lowest BCUT2D eigenvalue weighted by molar-refractivity contribution is -0.120. The number of ketones is 2. The number of carbonyl (C=O) groups is 3. The first-order valence-electron chi connectivity index (χ1n) is 5.31. The highest BCUT2D eigenvalue weighted by molar-refractivity contribution is 8.04. The van der Waals surface area contributed by atoms with E-state index >= 15 is 0 Å². The number of hydrogen-bond donors (Lipinski definition) is 2. The summed E-state index contributed by atoms with van der Waals surface area (Å²) >= 11 is 1.21. The van der Waals surface area contributed by atoms with Gasteiger partial charge in [-0.15, -0.1) is 11.8 Å². The Balaban J connectivity index is 2.04. The average Bonchev–Trinajstić information content (AvgIpc) is 2.84. The number of nitrogens with one attached hydrogen (secondary N) is 2. The highest BCUT2D eigenvalue weighted by atomic mass is 32.2. The minimum Gasteiger partial charge on any atom is -0.359 e. The molecule has 1 aromatic heterocycles. The lowest BCUT2D eigenvalue weighted by Crippen LogP contribution is -2.19. The van der Waals surface area contributed by atoms with Crippen LogP contribution in [0.15, 0.2) is 17.2 Å². The Morgan fingerprint density at radius 2 is 2.28 bits per heavy atom. The van der Waals surface area contributed by atoms with E-state index in [1.165, 1.54) is 24.0 Å². The zero-order valence-electron chi connectivity index (χ0n) is 9.65. The smallest absolute Gasteiger partial charge is 0.220 e. The van der Waals surface area contributed by atoms with Gasteiger partial charge < -0.3 is 5.32 Å². The number of allylic oxidation sites excluding steroid dienone is 2. The van der Waals surface area contributed by atoms with Crippen LogP contribution in [0.5, 0.6) is 0 Å². The molecule has 0 radical (unpaired) electrons. The van der Waals surface area contributed by atoms with Gasteiger partial charge in [0.15, 0.2) is 0 Å². The van der Waals surface area contributed by atoms with Gasteiger partial charge in [0.05, 0.1) is 16.7 Å². The second-order valence-corrected chi connectivity index (χ2v) is 4.77. The van der Waals surface area contributed by atoms with E-state index in [-0.39, 0.29) is 23.2 Å². The van der Waals surface area contributed by atoms with Crippen LogP contribution < -0.4 is 5.32 Å². The van der Waals surface area contributed by atoms with Crippen LogP contribution in [0.4, 0.5) is 0 Å². The molecule has 6 nitrogen and oxygen atoms in total. The molecule has 1 heterocycles. The molecule has 0 unspecified atom stereocenters. The van der Waals surface area contributed by atoms with Gasteiger partial charge in [0.1, 0.15) is 5.69 Å². The molecule has 1 aliphatic rings. The number of aromatic amines is 1. The summed E-state index contributed by atoms with van der Waals surface area (Å²) in [5, 5.41) is 8.69. The van der Waals surface area contributed by atoms with E-state index < -0.39 is 0 Å². The Morgan fingerprint density at radius 3 is 3.00 bits per heavy atom. The maximum absolute atomic E-state index is 12.0. The van der Waals surface area contributed by atoms with Gasteiger partial charge in [-0.2, -0.15) is 5.10 Å². The number of nitrogens with zero attached hydrogens (tertiary/aromatic N) is 1. The fourth-order valence-corrected chi connectivity index (χ4v) is 2.46. The minimum atomic E-state index is -0.260. The van der Waals surface area contributed by atoms with E-state index in [9.17, 15) is 14.4 Å². The van der Waals surface area contributed by atoms with Crippen LogP contribution in [0, 0.1) is 0 Å². The summed E-state index contributed by atoms with van der Waals surface area (Å²) in [4.78, 5) is 35.0. The molecular formula is C11H11N3O3S. The summed E-state index contributed by atoms with van der Waals surface area (Å²) < 4.78 is 0. The number of carbonyl (C=O) groups excluding carboxylic acids is 3. The Bertz CT molecular complexity index is 547. The Kier molecular flexibility index (Phi) is 3.61. The predicted molar refractivity (Wildman–Crippen MR) is 66.5 cm³/mol. The summed E-state index contributed by atoms with van der Waals surface area (Å²) in [6.07, 6.45) is 2.94. The van der Waals surface area contributed by atoms with Crippen molar-refractivity contribution >= 4 is 29.2 Å². The van der Waals surface area contributed by atoms with Crippen molar-refractivity contribution in [2.75, 3.05) is 12.8 Å². The number of rotatable bonds is 4. The SMILES string of the molecule is CNC(=O)CCSC1=CC(=O)c2[nH]ncc2C1=O. The van der Waals surface area contributed by atoms with E-state index in [2.05, 4.69) is 15.5 Å². The van der Waals surface area contributed by atoms with Gasteiger partial charge >= 0.3 is 0 Å². The average molecular weight is 265 g/mol. The first kappa shape index (κ1) is 12.6. The number of thioether (sulfide) groups is 1. The number of Topliss-reactive ketones (excluding diaryl/α,β-unsaturated/α-hetero) is 1. The third-order valence-corrected chi connectivity index (χ3v) is 3.50. The Labute approximate surface area is 107 Å². The molecule has 2 N–H and O–H groups in total. The topological polar surface area (TPSA) is 91.9 Å². The molecule has 0 fully saturated rings. The Hall–Kier alpha value is -1.89. The number of amides is 1. The van der Waals surface area contributed by atoms with Crippen LogP contribution in [0.1, 0.15) is 27.3 Å². The Morgan fingerprint density at radius 1 is 1.50 bits per heavy atom. The number of fused-ring (bicyclic) bond motifs is 1. The summed E-state index contributed by atoms with van der Waals surface area (Å²) in [6, 6.07) is 0. The van der Waals surface area contributed by atoms with E-state index in [1.54, 1.807) is 7.05 Å². The number of hydrogen-bond acceptors (Lipinski definition) is 5. The normalized spacial score (nSPS) is 14.2. The van der Waals surface area contributed by atoms with Gasteiger partial charge in [0, 0.05) is 25.3 Å². The number of aromatic nitrogens is 2. The standard InChI is InChI=1S/C11H11N3O3S/c1-12-9(16)2-3-18-8-4-7(15)10-6(11(8)17)5-13-14-10/h4-5H,2-3H2,1H3,(H,12,16)(H,13,14). The van der Waals surface area contributed by atoms with Gasteiger partial charge in [0.25, 0.3) is 0 Å². The molecule has 1 aliphatic carbocycles. The van der Waals surface area contributed by atoms with E-state index in [0.717, 1.165) is 0 Å². The molecule has 0 saturated heterocycles. The molecule has 0 aromatic carbocycles. The molecule has 0 spiro atoms. The first-order valence-corrected chi connectivity index (χ1v) is 6.29. The maximum Gasteiger partial charge on any atom is 0.220 e. The fourth-order valence-electron chi connectivity index (χ4n) is 1.52. The predicted octanol–water partition coefficient (Wildman–Crippen LogP) is 0.542. The van der Waals surface area contributed by atoms with Crippen LogP contribution in [-0.4, -0.2) is 40.5 Å². The third kappa shape index (κ3) is 2.35. The molecular weight excluding hydrogens is 254 g/mol. The quantitative estimate of drug-likeness (QED) is 0.829. The second-order valence-electron chi connectivity index (χ2n) is 3.63. The van der Waals surface area contributed by atoms with E-state index in [1.807, 2.05) is 0 Å². The summed E-state index contributed by atoms with van der Waals surface area (Å²) in [5.41, 5.74) is 0.528. The van der Waals surface area contributed by atoms with Crippen LogP contribution in [0.3, 0.4) is 0 Å². The van der Waals surface area contributed by atoms with Gasteiger partial charge in [0.2, 0.25) is 17.5 Å². The lowest BCUT2D eigenvalue weighted by atomic mass is 10.0. The molecule has 2 rings (SSSR count). The molecule has 7 heteroatoms. The van der Waals surface area contributed by atoms with Crippen LogP contribution in [-0.2, 0) is 4.79 Å². The monoisotopic (exact) mass is 265 g/mol. The molecule has 0 saturated carbocycles. The van der Waals surface area contributed by atoms with E-state index in [4.69, 9.17) is 0 Å². The second kappa shape index (κ2) is 5.18. The highest BCUT2D eigenvalue weighted by Crippen LogP contribution is 2.27. The molecule has 1 amide bonds. The molecule has 18 heavy (non-hydrogen) atoms. The molecule has 0 aliphatic heterocycles. The van der Waals surface area contributed by atoms with Crippen molar-refractivity contribution in [3.8, 4) is 0 Å². The van der Waals surface area contributed by atoms with E-state index in [0.29, 0.717) is 22.6 Å². The summed E-state index contributed by atoms with van der Waals surface area (Å²) in [5.74, 6) is -0.121. The zero-order valence-corrected chi connectivity index (χ0v) is 10.5. The zero-order chi connectivity index (χ0) is 13.1. The lowest BCUT2D eigenvalue weighted by Gasteiger charge is -2.10. The largest absolute Gasteiger partial charge is 0.359 e. The van der Waals surface area contributed by atoms with Gasteiger partial charge in [-0.1, -0.05) is 0 Å². The van der Waals surface area contributed by atoms with Gasteiger partial charge in [-0.05, 0) is 0 Å². The molecule has 0 atom stereocenters. The highest BCUT2D eigenvalue weighted by Gasteiger charge is 2.27. The van der Waals surface area contributed by atoms with Crippen LogP contribution in [0.2, 0.25) is 0 Å². The molecule has 1 aromatic rings. The van der Waals surface area contributed by atoms with Crippen molar-refractivity contribution in [2.45, 2.75) is 6.42 Å². The fraction of sp³-hybridized carbons (Fsp3) is 0.273. The molecule has 94 valence electrons.